The van der Waals surface area contributed by atoms with E-state index in [1.807, 2.05) is 37.3 Å². The molecule has 0 aliphatic rings. The van der Waals surface area contributed by atoms with Crippen molar-refractivity contribution in [1.82, 2.24) is 4.57 Å². The minimum Gasteiger partial charge on any atom is -0.483 e. The first-order valence-electron chi connectivity index (χ1n) is 7.18. The largest absolute Gasteiger partial charge is 0.483 e. The number of hydrogen-bond acceptors (Lipinski definition) is 3. The van der Waals surface area contributed by atoms with Gasteiger partial charge in [-0.2, -0.15) is 0 Å². The molecule has 0 aliphatic carbocycles. The Morgan fingerprint density at radius 2 is 1.95 bits per heavy atom. The summed E-state index contributed by atoms with van der Waals surface area (Å²) in [7, 11) is 0. The number of nitrogens with zero attached hydrogens (tertiary/aromatic N) is 1. The Morgan fingerprint density at radius 3 is 2.55 bits per heavy atom. The Balaban J connectivity index is 2.35. The molecule has 1 N–H and O–H groups in total. The van der Waals surface area contributed by atoms with Gasteiger partial charge in [-0.3, -0.25) is 4.79 Å². The Bertz CT molecular complexity index is 706. The molecule has 1 heterocycles. The van der Waals surface area contributed by atoms with Gasteiger partial charge in [-0.05, 0) is 18.9 Å². The first kappa shape index (κ1) is 15.8. The maximum Gasteiger partial charge on any atom is 0.326 e. The van der Waals surface area contributed by atoms with Gasteiger partial charge in [0.2, 0.25) is 5.43 Å². The van der Waals surface area contributed by atoms with Crippen molar-refractivity contribution in [2.24, 2.45) is 0 Å². The highest BCUT2D eigenvalue weighted by Crippen LogP contribution is 2.20. The van der Waals surface area contributed by atoms with Crippen molar-refractivity contribution < 1.29 is 14.6 Å². The fraction of sp³-hybridized carbons (Fsp3) is 0.294. The Hall–Kier alpha value is -2.56. The molecule has 116 valence electrons. The Morgan fingerprint density at radius 1 is 1.27 bits per heavy atom. The predicted molar refractivity (Wildman–Crippen MR) is 83.2 cm³/mol. The number of hydrogen-bond donors (Lipinski definition) is 1. The highest BCUT2D eigenvalue weighted by Gasteiger charge is 2.19. The first-order chi connectivity index (χ1) is 10.5. The molecule has 1 aromatic heterocycles. The predicted octanol–water partition coefficient (Wildman–Crippen LogP) is 2.64. The third-order valence-corrected chi connectivity index (χ3v) is 3.52. The summed E-state index contributed by atoms with van der Waals surface area (Å²) in [5.74, 6) is -0.727. The summed E-state index contributed by atoms with van der Waals surface area (Å²) in [6, 6.07) is 10.1. The molecule has 22 heavy (non-hydrogen) atoms. The third kappa shape index (κ3) is 3.36. The summed E-state index contributed by atoms with van der Waals surface area (Å²) in [5.41, 5.74) is 1.31. The maximum absolute atomic E-state index is 12.1. The molecule has 0 bridgehead atoms. The minimum absolute atomic E-state index is 0.224. The number of carbonyl (C=O) groups is 1. The van der Waals surface area contributed by atoms with Crippen molar-refractivity contribution in [3.63, 3.8) is 0 Å². The van der Waals surface area contributed by atoms with Gasteiger partial charge in [-0.15, -0.1) is 0 Å². The number of pyridine rings is 1. The number of ether oxygens (including phenoxy) is 1. The van der Waals surface area contributed by atoms with E-state index in [0.717, 1.165) is 5.56 Å². The van der Waals surface area contributed by atoms with E-state index in [-0.39, 0.29) is 17.8 Å². The van der Waals surface area contributed by atoms with Crippen LogP contribution in [0.25, 0.3) is 0 Å². The normalized spacial score (nSPS) is 11.9. The van der Waals surface area contributed by atoms with Crippen LogP contribution in [-0.2, 0) is 17.8 Å². The van der Waals surface area contributed by atoms with Crippen LogP contribution in [0.1, 0.15) is 31.1 Å². The van der Waals surface area contributed by atoms with E-state index < -0.39 is 12.0 Å². The lowest BCUT2D eigenvalue weighted by atomic mass is 10.2. The van der Waals surface area contributed by atoms with Gasteiger partial charge in [0.1, 0.15) is 12.6 Å². The van der Waals surface area contributed by atoms with Gasteiger partial charge in [0, 0.05) is 12.3 Å². The molecular formula is C17H19NO4. The fourth-order valence-corrected chi connectivity index (χ4v) is 2.28. The summed E-state index contributed by atoms with van der Waals surface area (Å²) in [6.45, 7) is 3.72. The van der Waals surface area contributed by atoms with Crippen LogP contribution in [-0.4, -0.2) is 15.6 Å². The molecule has 1 aromatic carbocycles. The fourth-order valence-electron chi connectivity index (χ4n) is 2.28. The van der Waals surface area contributed by atoms with Crippen LogP contribution >= 0.6 is 0 Å². The smallest absolute Gasteiger partial charge is 0.326 e. The van der Waals surface area contributed by atoms with Crippen LogP contribution in [0.4, 0.5) is 0 Å². The first-order valence-corrected chi connectivity index (χ1v) is 7.18. The van der Waals surface area contributed by atoms with E-state index in [1.165, 1.54) is 12.3 Å². The average molecular weight is 301 g/mol. The topological polar surface area (TPSA) is 68.5 Å². The highest BCUT2D eigenvalue weighted by molar-refractivity contribution is 5.71. The van der Waals surface area contributed by atoms with E-state index in [2.05, 4.69) is 0 Å². The summed E-state index contributed by atoms with van der Waals surface area (Å²) < 4.78 is 7.26. The van der Waals surface area contributed by atoms with Crippen molar-refractivity contribution >= 4 is 5.97 Å². The van der Waals surface area contributed by atoms with Crippen molar-refractivity contribution in [2.45, 2.75) is 32.9 Å². The van der Waals surface area contributed by atoms with E-state index in [1.54, 1.807) is 11.5 Å². The summed E-state index contributed by atoms with van der Waals surface area (Å²) in [5, 5.41) is 9.18. The van der Waals surface area contributed by atoms with Crippen LogP contribution in [0.2, 0.25) is 0 Å². The number of carboxylic acids is 1. The number of rotatable bonds is 6. The summed E-state index contributed by atoms with van der Waals surface area (Å²) in [6.07, 6.45) is 2.02. The van der Waals surface area contributed by atoms with Gasteiger partial charge in [-0.25, -0.2) is 4.79 Å². The van der Waals surface area contributed by atoms with Gasteiger partial charge in [0.15, 0.2) is 5.75 Å². The van der Waals surface area contributed by atoms with E-state index in [4.69, 9.17) is 4.74 Å². The van der Waals surface area contributed by atoms with Crippen LogP contribution in [0, 0.1) is 0 Å². The lowest BCUT2D eigenvalue weighted by molar-refractivity contribution is -0.140. The summed E-state index contributed by atoms with van der Waals surface area (Å²) >= 11 is 0. The Labute approximate surface area is 128 Å². The molecule has 0 fully saturated rings. The standard InChI is InChI=1S/C17H19NO4/c1-3-14-16(22-11-13-7-5-4-6-8-13)15(19)9-10-18(14)12(2)17(20)21/h4-10,12H,3,11H2,1-2H3,(H,20,21). The molecule has 0 aliphatic heterocycles. The Kier molecular flexibility index (Phi) is 4.99. The molecule has 2 rings (SSSR count). The van der Waals surface area contributed by atoms with E-state index in [0.29, 0.717) is 12.1 Å². The lowest BCUT2D eigenvalue weighted by Crippen LogP contribution is -2.23. The molecular weight excluding hydrogens is 282 g/mol. The van der Waals surface area contributed by atoms with Crippen LogP contribution in [0.15, 0.2) is 47.4 Å². The molecule has 0 saturated carbocycles. The SMILES string of the molecule is CCc1c(OCc2ccccc2)c(=O)ccn1C(C)C(=O)O. The van der Waals surface area contributed by atoms with E-state index in [9.17, 15) is 14.7 Å². The number of benzene rings is 1. The lowest BCUT2D eigenvalue weighted by Gasteiger charge is -2.19. The second-order valence-electron chi connectivity index (χ2n) is 5.01. The molecule has 5 heteroatoms. The van der Waals surface area contributed by atoms with Crippen LogP contribution in [0.3, 0.4) is 0 Å². The number of aromatic nitrogens is 1. The average Bonchev–Trinajstić information content (AvgIpc) is 2.53. The zero-order chi connectivity index (χ0) is 16.1. The molecule has 0 spiro atoms. The molecule has 5 nitrogen and oxygen atoms in total. The molecule has 2 aromatic rings. The molecule has 1 unspecified atom stereocenters. The zero-order valence-corrected chi connectivity index (χ0v) is 12.7. The van der Waals surface area contributed by atoms with E-state index >= 15 is 0 Å². The highest BCUT2D eigenvalue weighted by atomic mass is 16.5. The van der Waals surface area contributed by atoms with Gasteiger partial charge < -0.3 is 14.4 Å². The quantitative estimate of drug-likeness (QED) is 0.890. The molecule has 0 saturated heterocycles. The summed E-state index contributed by atoms with van der Waals surface area (Å²) in [4.78, 5) is 23.3. The van der Waals surface area contributed by atoms with Gasteiger partial charge in [-0.1, -0.05) is 37.3 Å². The van der Waals surface area contributed by atoms with Crippen molar-refractivity contribution in [3.8, 4) is 5.75 Å². The van der Waals surface area contributed by atoms with Crippen molar-refractivity contribution in [2.75, 3.05) is 0 Å². The second-order valence-corrected chi connectivity index (χ2v) is 5.01. The monoisotopic (exact) mass is 301 g/mol. The third-order valence-electron chi connectivity index (χ3n) is 3.52. The number of carboxylic acid groups (broad SMARTS) is 1. The van der Waals surface area contributed by atoms with Gasteiger partial charge >= 0.3 is 5.97 Å². The van der Waals surface area contributed by atoms with Crippen LogP contribution in [0.5, 0.6) is 5.75 Å². The van der Waals surface area contributed by atoms with Crippen molar-refractivity contribution in [1.29, 1.82) is 0 Å². The van der Waals surface area contributed by atoms with Crippen LogP contribution < -0.4 is 10.2 Å². The van der Waals surface area contributed by atoms with Gasteiger partial charge in [0.05, 0.1) is 5.69 Å². The second kappa shape index (κ2) is 6.93. The minimum atomic E-state index is -0.952. The molecule has 0 amide bonds. The molecule has 1 atom stereocenters. The van der Waals surface area contributed by atoms with Gasteiger partial charge in [0.25, 0.3) is 0 Å². The zero-order valence-electron chi connectivity index (χ0n) is 12.7. The maximum atomic E-state index is 12.1. The number of aliphatic carboxylic acids is 1. The molecule has 0 radical (unpaired) electrons. The van der Waals surface area contributed by atoms with Crippen molar-refractivity contribution in [3.05, 3.63) is 64.1 Å².